The number of rotatable bonds is 4. The normalized spacial score (nSPS) is 17.0. The third-order valence-corrected chi connectivity index (χ3v) is 10.7. The highest BCUT2D eigenvalue weighted by atomic mass is 14.5. The van der Waals surface area contributed by atoms with E-state index in [1.165, 1.54) is 77.5 Å². The molecule has 0 N–H and O–H groups in total. The van der Waals surface area contributed by atoms with Crippen LogP contribution >= 0.6 is 0 Å². The van der Waals surface area contributed by atoms with E-state index in [0.29, 0.717) is 0 Å². The van der Waals surface area contributed by atoms with Crippen molar-refractivity contribution in [2.45, 2.75) is 31.1 Å². The monoisotopic (exact) mass is 574 g/mol. The SMILES string of the molecule is Cc1ccc2c(c1)C(C)(Cc1cccc3c1-c1ccccc1C3(c1ccccc1)c1ccccc1)c1cc3ccccc3cc1-2. The fourth-order valence-corrected chi connectivity index (χ4v) is 8.70. The van der Waals surface area contributed by atoms with E-state index in [4.69, 9.17) is 0 Å². The molecule has 0 nitrogen and oxygen atoms in total. The van der Waals surface area contributed by atoms with E-state index in [0.717, 1.165) is 6.42 Å². The Bertz CT molecular complexity index is 2220. The van der Waals surface area contributed by atoms with Gasteiger partial charge in [-0.2, -0.15) is 0 Å². The van der Waals surface area contributed by atoms with Crippen LogP contribution in [-0.4, -0.2) is 0 Å². The average Bonchev–Trinajstić information content (AvgIpc) is 3.52. The molecule has 0 fully saturated rings. The lowest BCUT2D eigenvalue weighted by Gasteiger charge is -2.34. The standard InChI is InChI=1S/C45H34/c1-30-24-25-36-38-27-31-14-9-10-15-32(31)28-42(38)44(2,41(36)26-30)29-33-16-13-23-40-43(33)37-21-11-12-22-39(37)45(40,34-17-5-3-6-18-34)35-19-7-4-8-20-35/h3-28H,29H2,1-2H3. The lowest BCUT2D eigenvalue weighted by atomic mass is 9.67. The summed E-state index contributed by atoms with van der Waals surface area (Å²) in [6.07, 6.45) is 0.923. The van der Waals surface area contributed by atoms with E-state index in [1.807, 2.05) is 0 Å². The molecule has 0 bridgehead atoms. The zero-order chi connectivity index (χ0) is 30.2. The summed E-state index contributed by atoms with van der Waals surface area (Å²) in [6.45, 7) is 4.71. The van der Waals surface area contributed by atoms with Crippen LogP contribution in [0.1, 0.15) is 51.4 Å². The Kier molecular flexibility index (Phi) is 5.62. The van der Waals surface area contributed by atoms with Gasteiger partial charge in [0.1, 0.15) is 0 Å². The second-order valence-corrected chi connectivity index (χ2v) is 13.2. The van der Waals surface area contributed by atoms with E-state index in [9.17, 15) is 0 Å². The zero-order valence-corrected chi connectivity index (χ0v) is 25.7. The van der Waals surface area contributed by atoms with Crippen LogP contribution in [0.3, 0.4) is 0 Å². The van der Waals surface area contributed by atoms with Crippen LogP contribution < -0.4 is 0 Å². The van der Waals surface area contributed by atoms with Crippen LogP contribution in [0.25, 0.3) is 33.0 Å². The molecule has 45 heavy (non-hydrogen) atoms. The van der Waals surface area contributed by atoms with Gasteiger partial charge < -0.3 is 0 Å². The first-order chi connectivity index (χ1) is 22.1. The smallest absolute Gasteiger partial charge is 0.0622 e. The predicted octanol–water partition coefficient (Wildman–Crippen LogP) is 11.0. The first-order valence-electron chi connectivity index (χ1n) is 16.1. The van der Waals surface area contributed by atoms with Gasteiger partial charge in [0, 0.05) is 5.41 Å². The molecule has 0 heteroatoms. The third kappa shape index (κ3) is 3.60. The molecule has 0 aromatic heterocycles. The first kappa shape index (κ1) is 26.2. The summed E-state index contributed by atoms with van der Waals surface area (Å²) in [6, 6.07) is 59.2. The van der Waals surface area contributed by atoms with Gasteiger partial charge in [-0.05, 0) is 97.4 Å². The molecule has 0 radical (unpaired) electrons. The number of hydrogen-bond donors (Lipinski definition) is 0. The fraction of sp³-hybridized carbons (Fsp3) is 0.111. The van der Waals surface area contributed by atoms with Crippen molar-refractivity contribution in [3.8, 4) is 22.3 Å². The van der Waals surface area contributed by atoms with Crippen LogP contribution in [0.2, 0.25) is 0 Å². The molecule has 0 amide bonds. The van der Waals surface area contributed by atoms with Gasteiger partial charge >= 0.3 is 0 Å². The van der Waals surface area contributed by atoms with Gasteiger partial charge in [-0.15, -0.1) is 0 Å². The lowest BCUT2D eigenvalue weighted by molar-refractivity contribution is 0.583. The van der Waals surface area contributed by atoms with E-state index < -0.39 is 0 Å². The Hall–Kier alpha value is -5.20. The minimum absolute atomic E-state index is 0.171. The molecule has 2 aliphatic rings. The molecule has 0 saturated carbocycles. The van der Waals surface area contributed by atoms with E-state index in [1.54, 1.807) is 0 Å². The van der Waals surface area contributed by atoms with Gasteiger partial charge in [0.05, 0.1) is 5.41 Å². The summed E-state index contributed by atoms with van der Waals surface area (Å²) < 4.78 is 0. The molecule has 1 unspecified atom stereocenters. The maximum Gasteiger partial charge on any atom is 0.0713 e. The van der Waals surface area contributed by atoms with E-state index >= 15 is 0 Å². The molecule has 7 aromatic carbocycles. The summed E-state index contributed by atoms with van der Waals surface area (Å²) in [5.41, 5.74) is 15.9. The number of hydrogen-bond acceptors (Lipinski definition) is 0. The highest BCUT2D eigenvalue weighted by Gasteiger charge is 2.48. The summed E-state index contributed by atoms with van der Waals surface area (Å²) >= 11 is 0. The van der Waals surface area contributed by atoms with Crippen LogP contribution in [0.5, 0.6) is 0 Å². The van der Waals surface area contributed by atoms with Gasteiger partial charge in [0.25, 0.3) is 0 Å². The van der Waals surface area contributed by atoms with Crippen molar-refractivity contribution >= 4 is 10.8 Å². The second-order valence-electron chi connectivity index (χ2n) is 13.2. The molecule has 214 valence electrons. The molecular formula is C45H34. The van der Waals surface area contributed by atoms with Gasteiger partial charge in [-0.25, -0.2) is 0 Å². The molecular weight excluding hydrogens is 540 g/mol. The van der Waals surface area contributed by atoms with Crippen LogP contribution in [-0.2, 0) is 17.3 Å². The quantitative estimate of drug-likeness (QED) is 0.196. The number of benzene rings is 7. The lowest BCUT2D eigenvalue weighted by Crippen LogP contribution is -2.28. The molecule has 0 saturated heterocycles. The van der Waals surface area contributed by atoms with Crippen LogP contribution in [0.4, 0.5) is 0 Å². The highest BCUT2D eigenvalue weighted by molar-refractivity contribution is 5.94. The Labute approximate surface area is 265 Å². The van der Waals surface area contributed by atoms with Crippen molar-refractivity contribution in [1.29, 1.82) is 0 Å². The predicted molar refractivity (Wildman–Crippen MR) is 188 cm³/mol. The highest BCUT2D eigenvalue weighted by Crippen LogP contribution is 2.59. The van der Waals surface area contributed by atoms with Crippen molar-refractivity contribution < 1.29 is 0 Å². The Morgan fingerprint density at radius 1 is 0.444 bits per heavy atom. The number of fused-ring (bicyclic) bond motifs is 7. The zero-order valence-electron chi connectivity index (χ0n) is 25.7. The number of aryl methyl sites for hydroxylation is 1. The molecule has 0 spiro atoms. The molecule has 7 aromatic rings. The summed E-state index contributed by atoms with van der Waals surface area (Å²) in [5.74, 6) is 0. The topological polar surface area (TPSA) is 0 Å². The second kappa shape index (κ2) is 9.65. The maximum atomic E-state index is 2.48. The van der Waals surface area contributed by atoms with Gasteiger partial charge in [-0.1, -0.05) is 158 Å². The maximum absolute atomic E-state index is 2.48. The average molecular weight is 575 g/mol. The molecule has 1 atom stereocenters. The summed E-state index contributed by atoms with van der Waals surface area (Å²) in [7, 11) is 0. The van der Waals surface area contributed by atoms with Crippen LogP contribution in [0, 0.1) is 6.92 Å². The molecule has 2 aliphatic carbocycles. The van der Waals surface area contributed by atoms with Crippen molar-refractivity contribution in [3.63, 3.8) is 0 Å². The van der Waals surface area contributed by atoms with Gasteiger partial charge in [0.2, 0.25) is 0 Å². The van der Waals surface area contributed by atoms with E-state index in [2.05, 4.69) is 172 Å². The van der Waals surface area contributed by atoms with Crippen molar-refractivity contribution in [1.82, 2.24) is 0 Å². The largest absolute Gasteiger partial charge is 0.0713 e. The minimum atomic E-state index is -0.385. The van der Waals surface area contributed by atoms with E-state index in [-0.39, 0.29) is 10.8 Å². The molecule has 0 heterocycles. The minimum Gasteiger partial charge on any atom is -0.0622 e. The Balaban J connectivity index is 1.32. The fourth-order valence-electron chi connectivity index (χ4n) is 8.70. The summed E-state index contributed by atoms with van der Waals surface area (Å²) in [5, 5.41) is 2.61. The third-order valence-electron chi connectivity index (χ3n) is 10.7. The van der Waals surface area contributed by atoms with Crippen LogP contribution in [0.15, 0.2) is 158 Å². The van der Waals surface area contributed by atoms with Gasteiger partial charge in [0.15, 0.2) is 0 Å². The summed E-state index contributed by atoms with van der Waals surface area (Å²) in [4.78, 5) is 0. The Morgan fingerprint density at radius 3 is 1.78 bits per heavy atom. The molecule has 9 rings (SSSR count). The van der Waals surface area contributed by atoms with Crippen molar-refractivity contribution in [3.05, 3.63) is 202 Å². The molecule has 0 aliphatic heterocycles. The van der Waals surface area contributed by atoms with Crippen molar-refractivity contribution in [2.75, 3.05) is 0 Å². The van der Waals surface area contributed by atoms with Gasteiger partial charge in [-0.3, -0.25) is 0 Å². The first-order valence-corrected chi connectivity index (χ1v) is 16.1. The Morgan fingerprint density at radius 2 is 1.04 bits per heavy atom. The van der Waals surface area contributed by atoms with Crippen molar-refractivity contribution in [2.24, 2.45) is 0 Å².